The zero-order valence-corrected chi connectivity index (χ0v) is 26.3. The molecule has 0 bridgehead atoms. The number of benzene rings is 3. The van der Waals surface area contributed by atoms with Gasteiger partial charge in [-0.3, -0.25) is 13.9 Å². The Balaban J connectivity index is 2.13. The molecule has 0 aromatic heterocycles. The van der Waals surface area contributed by atoms with E-state index < -0.39 is 34.1 Å². The van der Waals surface area contributed by atoms with Gasteiger partial charge in [0.1, 0.15) is 24.1 Å². The third-order valence-corrected chi connectivity index (χ3v) is 7.71. The maximum Gasteiger partial charge on any atom is 0.244 e. The summed E-state index contributed by atoms with van der Waals surface area (Å²) in [6, 6.07) is 20.0. The van der Waals surface area contributed by atoms with E-state index in [4.69, 9.17) is 21.1 Å². The summed E-state index contributed by atoms with van der Waals surface area (Å²) in [6.07, 6.45) is 1.21. The van der Waals surface area contributed by atoms with Crippen molar-refractivity contribution < 1.29 is 27.5 Å². The van der Waals surface area contributed by atoms with Gasteiger partial charge in [0, 0.05) is 29.6 Å². The molecule has 0 aliphatic carbocycles. The van der Waals surface area contributed by atoms with E-state index in [0.29, 0.717) is 16.3 Å². The van der Waals surface area contributed by atoms with Crippen molar-refractivity contribution in [3.05, 3.63) is 88.9 Å². The number of hydrogen-bond donors (Lipinski definition) is 1. The molecule has 2 amide bonds. The molecule has 9 nitrogen and oxygen atoms in total. The maximum absolute atomic E-state index is 14.3. The summed E-state index contributed by atoms with van der Waals surface area (Å²) >= 11 is 6.26. The first-order chi connectivity index (χ1) is 19.7. The number of halogens is 1. The van der Waals surface area contributed by atoms with Gasteiger partial charge in [-0.25, -0.2) is 8.42 Å². The van der Waals surface area contributed by atoms with Crippen LogP contribution in [0, 0.1) is 0 Å². The number of ether oxygens (including phenoxy) is 2. The molecule has 0 aliphatic rings. The summed E-state index contributed by atoms with van der Waals surface area (Å²) in [7, 11) is -1.13. The van der Waals surface area contributed by atoms with Gasteiger partial charge < -0.3 is 19.7 Å². The van der Waals surface area contributed by atoms with Gasteiger partial charge >= 0.3 is 0 Å². The Morgan fingerprint density at radius 3 is 2.17 bits per heavy atom. The summed E-state index contributed by atoms with van der Waals surface area (Å²) in [5.41, 5.74) is 1.07. The Morgan fingerprint density at radius 2 is 1.60 bits per heavy atom. The lowest BCUT2D eigenvalue weighted by Gasteiger charge is -2.35. The molecule has 0 spiro atoms. The largest absolute Gasteiger partial charge is 0.497 e. The number of carbonyl (C=O) groups is 2. The lowest BCUT2D eigenvalue weighted by Crippen LogP contribution is -2.56. The van der Waals surface area contributed by atoms with Crippen LogP contribution in [0.3, 0.4) is 0 Å². The number of amides is 2. The Morgan fingerprint density at radius 1 is 0.929 bits per heavy atom. The van der Waals surface area contributed by atoms with E-state index in [-0.39, 0.29) is 30.3 Å². The van der Waals surface area contributed by atoms with Crippen LogP contribution in [0.4, 0.5) is 5.69 Å². The third kappa shape index (κ3) is 9.12. The third-order valence-electron chi connectivity index (χ3n) is 6.35. The van der Waals surface area contributed by atoms with Gasteiger partial charge in [-0.05, 0) is 56.2 Å². The fourth-order valence-corrected chi connectivity index (χ4v) is 5.48. The zero-order chi connectivity index (χ0) is 31.1. The van der Waals surface area contributed by atoms with Crippen LogP contribution >= 0.6 is 11.6 Å². The molecule has 0 unspecified atom stereocenters. The number of carbonyl (C=O) groups excluding carboxylic acids is 2. The van der Waals surface area contributed by atoms with Crippen molar-refractivity contribution in [1.29, 1.82) is 0 Å². The molecule has 11 heteroatoms. The first-order valence-electron chi connectivity index (χ1n) is 13.3. The van der Waals surface area contributed by atoms with Crippen LogP contribution in [0.1, 0.15) is 31.9 Å². The average Bonchev–Trinajstić information content (AvgIpc) is 2.92. The van der Waals surface area contributed by atoms with Crippen LogP contribution in [0.2, 0.25) is 5.02 Å². The molecular formula is C31H38ClN3O6S. The summed E-state index contributed by atoms with van der Waals surface area (Å²) < 4.78 is 37.9. The molecule has 42 heavy (non-hydrogen) atoms. The molecular weight excluding hydrogens is 578 g/mol. The van der Waals surface area contributed by atoms with Crippen molar-refractivity contribution in [2.45, 2.75) is 45.3 Å². The van der Waals surface area contributed by atoms with Crippen LogP contribution in [0.25, 0.3) is 0 Å². The van der Waals surface area contributed by atoms with E-state index in [1.807, 2.05) is 51.1 Å². The van der Waals surface area contributed by atoms with Gasteiger partial charge in [-0.15, -0.1) is 0 Å². The smallest absolute Gasteiger partial charge is 0.244 e. The van der Waals surface area contributed by atoms with Crippen molar-refractivity contribution in [3.63, 3.8) is 0 Å². The van der Waals surface area contributed by atoms with E-state index in [1.54, 1.807) is 36.4 Å². The van der Waals surface area contributed by atoms with E-state index in [9.17, 15) is 18.0 Å². The van der Waals surface area contributed by atoms with Crippen molar-refractivity contribution in [3.8, 4) is 11.5 Å². The fraction of sp³-hybridized carbons (Fsp3) is 0.355. The molecule has 3 rings (SSSR count). The highest BCUT2D eigenvalue weighted by molar-refractivity contribution is 7.92. The molecule has 0 radical (unpaired) electrons. The summed E-state index contributed by atoms with van der Waals surface area (Å²) in [5, 5.41) is 3.46. The number of hydrogen-bond acceptors (Lipinski definition) is 6. The molecule has 0 saturated heterocycles. The number of sulfonamides is 1. The quantitative estimate of drug-likeness (QED) is 0.317. The molecule has 226 valence electrons. The molecule has 0 fully saturated rings. The van der Waals surface area contributed by atoms with Crippen LogP contribution in [-0.2, 0) is 32.6 Å². The van der Waals surface area contributed by atoms with Gasteiger partial charge in [0.05, 0.1) is 26.2 Å². The van der Waals surface area contributed by atoms with Crippen LogP contribution in [-0.4, -0.2) is 63.7 Å². The first kappa shape index (κ1) is 32.8. The topological polar surface area (TPSA) is 105 Å². The normalized spacial score (nSPS) is 12.3. The van der Waals surface area contributed by atoms with Gasteiger partial charge in [0.25, 0.3) is 0 Å². The molecule has 3 aromatic carbocycles. The number of methoxy groups -OCH3 is 2. The molecule has 0 heterocycles. The Hall–Kier alpha value is -3.76. The zero-order valence-electron chi connectivity index (χ0n) is 24.8. The monoisotopic (exact) mass is 615 g/mol. The minimum absolute atomic E-state index is 0.0152. The Bertz CT molecular complexity index is 1490. The Kier molecular flexibility index (Phi) is 10.9. The SMILES string of the molecule is COc1ccc(OC)c(N(CC(=O)N(Cc2cccc(Cl)c2)[C@@H](Cc2ccccc2)C(=O)NC(C)(C)C)S(C)(=O)=O)c1. The lowest BCUT2D eigenvalue weighted by molar-refractivity contribution is -0.140. The molecule has 0 saturated carbocycles. The average molecular weight is 616 g/mol. The number of nitrogens with zero attached hydrogens (tertiary/aromatic N) is 2. The second-order valence-corrected chi connectivity index (χ2v) is 13.2. The predicted molar refractivity (Wildman–Crippen MR) is 166 cm³/mol. The second-order valence-electron chi connectivity index (χ2n) is 10.9. The summed E-state index contributed by atoms with van der Waals surface area (Å²) in [5.74, 6) is -0.335. The van der Waals surface area contributed by atoms with Gasteiger partial charge in [0.15, 0.2) is 0 Å². The summed E-state index contributed by atoms with van der Waals surface area (Å²) in [4.78, 5) is 29.5. The lowest BCUT2D eigenvalue weighted by atomic mass is 10.0. The van der Waals surface area contributed by atoms with Gasteiger partial charge in [-0.1, -0.05) is 54.1 Å². The van der Waals surface area contributed by atoms with Gasteiger partial charge in [-0.2, -0.15) is 0 Å². The van der Waals surface area contributed by atoms with Crippen molar-refractivity contribution >= 4 is 39.1 Å². The van der Waals surface area contributed by atoms with E-state index >= 15 is 0 Å². The van der Waals surface area contributed by atoms with Crippen LogP contribution in [0.5, 0.6) is 11.5 Å². The van der Waals surface area contributed by atoms with E-state index in [2.05, 4.69) is 5.32 Å². The number of anilines is 1. The maximum atomic E-state index is 14.3. The van der Waals surface area contributed by atoms with E-state index in [0.717, 1.165) is 16.1 Å². The van der Waals surface area contributed by atoms with Crippen molar-refractivity contribution in [2.24, 2.45) is 0 Å². The highest BCUT2D eigenvalue weighted by atomic mass is 35.5. The standard InChI is InChI=1S/C31H38ClN3O6S/c1-31(2,3)33-30(37)27(18-22-11-8-7-9-12-22)34(20-23-13-10-14-24(32)17-23)29(36)21-35(42(6,38)39)26-19-25(40-4)15-16-28(26)41-5/h7-17,19,27H,18,20-21H2,1-6H3,(H,33,37)/t27-/m0/s1. The number of nitrogens with one attached hydrogen (secondary N) is 1. The molecule has 1 N–H and O–H groups in total. The minimum Gasteiger partial charge on any atom is -0.497 e. The first-order valence-corrected chi connectivity index (χ1v) is 15.5. The van der Waals surface area contributed by atoms with Crippen LogP contribution < -0.4 is 19.1 Å². The van der Waals surface area contributed by atoms with Crippen molar-refractivity contribution in [2.75, 3.05) is 31.3 Å². The van der Waals surface area contributed by atoms with Crippen LogP contribution in [0.15, 0.2) is 72.8 Å². The minimum atomic E-state index is -3.99. The number of rotatable bonds is 12. The Labute approximate surface area is 253 Å². The molecule has 0 aliphatic heterocycles. The van der Waals surface area contributed by atoms with Crippen molar-refractivity contribution in [1.82, 2.24) is 10.2 Å². The second kappa shape index (κ2) is 13.9. The summed E-state index contributed by atoms with van der Waals surface area (Å²) in [6.45, 7) is 4.99. The predicted octanol–water partition coefficient (Wildman–Crippen LogP) is 4.68. The fourth-order valence-electron chi connectivity index (χ4n) is 4.43. The molecule has 1 atom stereocenters. The highest BCUT2D eigenvalue weighted by Gasteiger charge is 2.35. The molecule has 3 aromatic rings. The highest BCUT2D eigenvalue weighted by Crippen LogP contribution is 2.34. The van der Waals surface area contributed by atoms with Gasteiger partial charge in [0.2, 0.25) is 21.8 Å². The van der Waals surface area contributed by atoms with E-state index in [1.165, 1.54) is 25.2 Å².